The maximum absolute atomic E-state index is 12.4. The second-order valence-corrected chi connectivity index (χ2v) is 6.48. The lowest BCUT2D eigenvalue weighted by molar-refractivity contribution is -0.116. The molecule has 1 aromatic heterocycles. The van der Waals surface area contributed by atoms with Gasteiger partial charge in [0.25, 0.3) is 0 Å². The third-order valence-corrected chi connectivity index (χ3v) is 4.34. The molecule has 7 nitrogen and oxygen atoms in total. The number of rotatable bonds is 6. The van der Waals surface area contributed by atoms with E-state index < -0.39 is 17.0 Å². The zero-order valence-electron chi connectivity index (χ0n) is 15.1. The summed E-state index contributed by atoms with van der Waals surface area (Å²) < 4.78 is 7.54. The number of hydrogen-bond donors (Lipinski definition) is 1. The number of halogens is 1. The molecule has 0 saturated heterocycles. The van der Waals surface area contributed by atoms with Gasteiger partial charge in [0.2, 0.25) is 5.91 Å². The van der Waals surface area contributed by atoms with Crippen molar-refractivity contribution < 1.29 is 9.53 Å². The van der Waals surface area contributed by atoms with Crippen LogP contribution >= 0.6 is 11.6 Å². The predicted octanol–water partition coefficient (Wildman–Crippen LogP) is 2.36. The summed E-state index contributed by atoms with van der Waals surface area (Å²) in [5, 5.41) is 3.26. The number of methoxy groups -OCH3 is 1. The molecule has 1 N–H and O–H groups in total. The van der Waals surface area contributed by atoms with Gasteiger partial charge in [-0.1, -0.05) is 35.9 Å². The summed E-state index contributed by atoms with van der Waals surface area (Å²) in [6.07, 6.45) is 2.90. The number of carbonyl (C=O) groups excluding carboxylic acids is 1. The number of anilines is 1. The Hall–Kier alpha value is -3.32. The van der Waals surface area contributed by atoms with E-state index in [0.717, 1.165) is 10.1 Å². The van der Waals surface area contributed by atoms with Crippen LogP contribution in [0.1, 0.15) is 5.56 Å². The first-order valence-corrected chi connectivity index (χ1v) is 8.83. The summed E-state index contributed by atoms with van der Waals surface area (Å²) in [5.74, 6) is 0.0584. The topological polar surface area (TPSA) is 82.3 Å². The Balaban J connectivity index is 1.75. The molecular weight excluding hydrogens is 382 g/mol. The molecule has 0 saturated carbocycles. The molecule has 0 aliphatic carbocycles. The minimum Gasteiger partial charge on any atom is -0.495 e. The van der Waals surface area contributed by atoms with Gasteiger partial charge in [-0.05, 0) is 29.8 Å². The molecule has 0 spiro atoms. The van der Waals surface area contributed by atoms with Crippen LogP contribution in [0.5, 0.6) is 5.75 Å². The van der Waals surface area contributed by atoms with E-state index in [1.807, 2.05) is 0 Å². The Morgan fingerprint density at radius 2 is 1.64 bits per heavy atom. The van der Waals surface area contributed by atoms with Crippen LogP contribution < -0.4 is 21.2 Å². The average molecular weight is 400 g/mol. The van der Waals surface area contributed by atoms with Gasteiger partial charge in [0.1, 0.15) is 12.3 Å². The Kier molecular flexibility index (Phi) is 5.96. The largest absolute Gasteiger partial charge is 0.495 e. The highest BCUT2D eigenvalue weighted by atomic mass is 35.5. The fraction of sp³-hybridized carbons (Fsp3) is 0.150. The monoisotopic (exact) mass is 399 g/mol. The molecule has 0 bridgehead atoms. The van der Waals surface area contributed by atoms with E-state index in [0.29, 0.717) is 16.5 Å². The van der Waals surface area contributed by atoms with Gasteiger partial charge < -0.3 is 14.6 Å². The van der Waals surface area contributed by atoms with Crippen molar-refractivity contribution >= 4 is 23.2 Å². The molecule has 1 heterocycles. The zero-order chi connectivity index (χ0) is 20.1. The predicted molar refractivity (Wildman–Crippen MR) is 107 cm³/mol. The van der Waals surface area contributed by atoms with E-state index in [2.05, 4.69) is 5.32 Å². The van der Waals surface area contributed by atoms with E-state index in [1.165, 1.54) is 24.1 Å². The first-order chi connectivity index (χ1) is 13.5. The van der Waals surface area contributed by atoms with E-state index in [9.17, 15) is 14.4 Å². The molecule has 0 unspecified atom stereocenters. The van der Waals surface area contributed by atoms with Crippen molar-refractivity contribution in [2.45, 2.75) is 13.1 Å². The van der Waals surface area contributed by atoms with Crippen molar-refractivity contribution in [3.05, 3.63) is 92.2 Å². The van der Waals surface area contributed by atoms with Crippen LogP contribution in [0.4, 0.5) is 5.69 Å². The molecule has 8 heteroatoms. The highest BCUT2D eigenvalue weighted by molar-refractivity contribution is 6.30. The molecule has 144 valence electrons. The van der Waals surface area contributed by atoms with Crippen LogP contribution in [-0.2, 0) is 17.9 Å². The highest BCUT2D eigenvalue weighted by Crippen LogP contribution is 2.22. The quantitative estimate of drug-likeness (QED) is 0.645. The van der Waals surface area contributed by atoms with Crippen molar-refractivity contribution in [2.75, 3.05) is 12.4 Å². The molecule has 0 atom stereocenters. The van der Waals surface area contributed by atoms with Crippen LogP contribution in [0.3, 0.4) is 0 Å². The number of amides is 1. The summed E-state index contributed by atoms with van der Waals surface area (Å²) in [5.41, 5.74) is -0.161. The van der Waals surface area contributed by atoms with Crippen LogP contribution in [-0.4, -0.2) is 22.2 Å². The highest BCUT2D eigenvalue weighted by Gasteiger charge is 2.11. The van der Waals surface area contributed by atoms with Gasteiger partial charge in [-0.3, -0.25) is 19.0 Å². The second kappa shape index (κ2) is 8.58. The smallest absolute Gasteiger partial charge is 0.316 e. The third kappa shape index (κ3) is 4.50. The maximum Gasteiger partial charge on any atom is 0.316 e. The maximum atomic E-state index is 12.4. The molecule has 0 fully saturated rings. The normalized spacial score (nSPS) is 10.5. The first kappa shape index (κ1) is 19.4. The fourth-order valence-corrected chi connectivity index (χ4v) is 2.80. The fourth-order valence-electron chi connectivity index (χ4n) is 2.67. The number of nitrogens with one attached hydrogen (secondary N) is 1. The summed E-state index contributed by atoms with van der Waals surface area (Å²) in [7, 11) is 1.50. The number of para-hydroxylation sites is 2. The lowest BCUT2D eigenvalue weighted by Crippen LogP contribution is -2.42. The average Bonchev–Trinajstić information content (AvgIpc) is 2.69. The molecule has 1 amide bonds. The standard InChI is InChI=1S/C20H18ClN3O4/c1-28-17-5-3-2-4-16(17)22-18(25)13-24-11-10-23(19(26)20(24)27)12-14-6-8-15(21)9-7-14/h2-11H,12-13H2,1H3,(H,22,25). The molecule has 2 aromatic carbocycles. The first-order valence-electron chi connectivity index (χ1n) is 8.45. The summed E-state index contributed by atoms with van der Waals surface area (Å²) in [6, 6.07) is 13.9. The van der Waals surface area contributed by atoms with Gasteiger partial charge in [-0.2, -0.15) is 0 Å². The van der Waals surface area contributed by atoms with Crippen molar-refractivity contribution in [3.63, 3.8) is 0 Å². The van der Waals surface area contributed by atoms with Gasteiger partial charge in [0.05, 0.1) is 19.3 Å². The van der Waals surface area contributed by atoms with Crippen molar-refractivity contribution in [2.24, 2.45) is 0 Å². The molecule has 0 aliphatic rings. The Morgan fingerprint density at radius 1 is 1.00 bits per heavy atom. The van der Waals surface area contributed by atoms with Crippen LogP contribution in [0, 0.1) is 0 Å². The van der Waals surface area contributed by atoms with Crippen LogP contribution in [0.2, 0.25) is 5.02 Å². The molecular formula is C20H18ClN3O4. The zero-order valence-corrected chi connectivity index (χ0v) is 15.8. The van der Waals surface area contributed by atoms with E-state index in [4.69, 9.17) is 16.3 Å². The van der Waals surface area contributed by atoms with Crippen LogP contribution in [0.25, 0.3) is 0 Å². The molecule has 3 aromatic rings. The van der Waals surface area contributed by atoms with Gasteiger partial charge >= 0.3 is 11.1 Å². The van der Waals surface area contributed by atoms with Crippen molar-refractivity contribution in [3.8, 4) is 5.75 Å². The Labute approximate surface area is 165 Å². The lowest BCUT2D eigenvalue weighted by Gasteiger charge is -2.11. The minimum atomic E-state index is -0.772. The summed E-state index contributed by atoms with van der Waals surface area (Å²) in [4.78, 5) is 37.0. The SMILES string of the molecule is COc1ccccc1NC(=O)Cn1ccn(Cc2ccc(Cl)cc2)c(=O)c1=O. The summed E-state index contributed by atoms with van der Waals surface area (Å²) in [6.45, 7) is -0.0482. The van der Waals surface area contributed by atoms with Gasteiger partial charge in [0.15, 0.2) is 0 Å². The number of carbonyl (C=O) groups is 1. The van der Waals surface area contributed by atoms with Gasteiger partial charge in [-0.15, -0.1) is 0 Å². The Bertz CT molecular complexity index is 1100. The number of nitrogens with zero attached hydrogens (tertiary/aromatic N) is 2. The van der Waals surface area contributed by atoms with Crippen molar-refractivity contribution in [1.29, 1.82) is 0 Å². The molecule has 0 radical (unpaired) electrons. The van der Waals surface area contributed by atoms with Gasteiger partial charge in [-0.25, -0.2) is 0 Å². The molecule has 3 rings (SSSR count). The van der Waals surface area contributed by atoms with Crippen LogP contribution in [0.15, 0.2) is 70.5 Å². The second-order valence-electron chi connectivity index (χ2n) is 6.04. The Morgan fingerprint density at radius 3 is 2.36 bits per heavy atom. The number of aromatic nitrogens is 2. The van der Waals surface area contributed by atoms with Crippen molar-refractivity contribution in [1.82, 2.24) is 9.13 Å². The number of hydrogen-bond acceptors (Lipinski definition) is 4. The minimum absolute atomic E-state index is 0.236. The van der Waals surface area contributed by atoms with E-state index in [1.54, 1.807) is 48.5 Å². The molecule has 28 heavy (non-hydrogen) atoms. The van der Waals surface area contributed by atoms with E-state index in [-0.39, 0.29) is 13.1 Å². The van der Waals surface area contributed by atoms with E-state index >= 15 is 0 Å². The lowest BCUT2D eigenvalue weighted by atomic mass is 10.2. The molecule has 0 aliphatic heterocycles. The number of ether oxygens (including phenoxy) is 1. The third-order valence-electron chi connectivity index (χ3n) is 4.09. The van der Waals surface area contributed by atoms with Gasteiger partial charge in [0, 0.05) is 17.4 Å². The summed E-state index contributed by atoms with van der Waals surface area (Å²) >= 11 is 5.85. The number of benzene rings is 2.